The molecule has 0 aliphatic rings. The summed E-state index contributed by atoms with van der Waals surface area (Å²) >= 11 is 0. The van der Waals surface area contributed by atoms with E-state index >= 15 is 0 Å². The summed E-state index contributed by atoms with van der Waals surface area (Å²) < 4.78 is 0. The summed E-state index contributed by atoms with van der Waals surface area (Å²) in [7, 11) is 0. The van der Waals surface area contributed by atoms with Gasteiger partial charge in [0, 0.05) is 10.8 Å². The number of para-hydroxylation sites is 1. The minimum absolute atomic E-state index is 0.839. The molecule has 0 amide bonds. The molecule has 2 nitrogen and oxygen atoms in total. The van der Waals surface area contributed by atoms with Gasteiger partial charge in [-0.05, 0) is 49.6 Å². The first kappa shape index (κ1) is 16.9. The van der Waals surface area contributed by atoms with Crippen molar-refractivity contribution in [2.75, 3.05) is 6.54 Å². The van der Waals surface area contributed by atoms with E-state index in [-0.39, 0.29) is 0 Å². The molecular formula is C22H28N2. The normalized spacial score (nSPS) is 11.4. The maximum Gasteiger partial charge on any atom is 0.0712 e. The third kappa shape index (κ3) is 4.55. The third-order valence-electron chi connectivity index (χ3n) is 4.75. The fraction of sp³-hybridized carbons (Fsp3) is 0.409. The molecule has 0 unspecified atom stereocenters. The number of aryl methyl sites for hydroxylation is 1. The SMILES string of the molecule is NCCCCCCCCCc1ccc2cc3ccccc3nc2c1. The van der Waals surface area contributed by atoms with Crippen molar-refractivity contribution in [1.29, 1.82) is 0 Å². The molecule has 0 fully saturated rings. The molecule has 24 heavy (non-hydrogen) atoms. The Morgan fingerprint density at radius 3 is 2.21 bits per heavy atom. The minimum atomic E-state index is 0.839. The second-order valence-corrected chi connectivity index (χ2v) is 6.72. The molecule has 0 aliphatic carbocycles. The number of hydrogen-bond donors (Lipinski definition) is 1. The fourth-order valence-electron chi connectivity index (χ4n) is 3.33. The van der Waals surface area contributed by atoms with Crippen LogP contribution in [0.3, 0.4) is 0 Å². The molecule has 2 N–H and O–H groups in total. The first-order chi connectivity index (χ1) is 11.9. The van der Waals surface area contributed by atoms with E-state index in [1.807, 2.05) is 0 Å². The van der Waals surface area contributed by atoms with Gasteiger partial charge in [0.1, 0.15) is 0 Å². The second-order valence-electron chi connectivity index (χ2n) is 6.72. The molecule has 3 rings (SSSR count). The van der Waals surface area contributed by atoms with Crippen LogP contribution in [0.1, 0.15) is 50.5 Å². The Balaban J connectivity index is 1.53. The van der Waals surface area contributed by atoms with Crippen LogP contribution in [0.4, 0.5) is 0 Å². The van der Waals surface area contributed by atoms with Gasteiger partial charge in [0.15, 0.2) is 0 Å². The summed E-state index contributed by atoms with van der Waals surface area (Å²) in [6.45, 7) is 0.839. The number of fused-ring (bicyclic) bond motifs is 2. The summed E-state index contributed by atoms with van der Waals surface area (Å²) in [4.78, 5) is 4.81. The van der Waals surface area contributed by atoms with E-state index in [9.17, 15) is 0 Å². The number of aromatic nitrogens is 1. The lowest BCUT2D eigenvalue weighted by atomic mass is 10.0. The Kier molecular flexibility index (Phi) is 6.20. The van der Waals surface area contributed by atoms with Crippen LogP contribution < -0.4 is 5.73 Å². The highest BCUT2D eigenvalue weighted by molar-refractivity contribution is 5.92. The number of benzene rings is 2. The molecule has 0 saturated heterocycles. The largest absolute Gasteiger partial charge is 0.330 e. The Labute approximate surface area is 145 Å². The molecule has 0 bridgehead atoms. The molecule has 0 radical (unpaired) electrons. The number of pyridine rings is 1. The van der Waals surface area contributed by atoms with Gasteiger partial charge in [-0.3, -0.25) is 0 Å². The molecule has 1 aromatic heterocycles. The lowest BCUT2D eigenvalue weighted by Gasteiger charge is -2.06. The Hall–Kier alpha value is -1.93. The van der Waals surface area contributed by atoms with Crippen molar-refractivity contribution in [3.8, 4) is 0 Å². The zero-order valence-electron chi connectivity index (χ0n) is 14.5. The molecule has 0 atom stereocenters. The van der Waals surface area contributed by atoms with E-state index in [2.05, 4.69) is 48.5 Å². The minimum Gasteiger partial charge on any atom is -0.330 e. The molecule has 1 heterocycles. The average Bonchev–Trinajstić information content (AvgIpc) is 2.62. The van der Waals surface area contributed by atoms with Crippen molar-refractivity contribution in [3.63, 3.8) is 0 Å². The van der Waals surface area contributed by atoms with Crippen LogP contribution in [0.5, 0.6) is 0 Å². The smallest absolute Gasteiger partial charge is 0.0712 e. The molecule has 126 valence electrons. The predicted octanol–water partition coefficient (Wildman–Crippen LogP) is 5.62. The van der Waals surface area contributed by atoms with Crippen LogP contribution in [0.2, 0.25) is 0 Å². The Morgan fingerprint density at radius 2 is 1.38 bits per heavy atom. The van der Waals surface area contributed by atoms with E-state index < -0.39 is 0 Å². The average molecular weight is 320 g/mol. The van der Waals surface area contributed by atoms with Crippen LogP contribution in [0.15, 0.2) is 48.5 Å². The Bertz CT molecular complexity index is 779. The highest BCUT2D eigenvalue weighted by atomic mass is 14.7. The summed E-state index contributed by atoms with van der Waals surface area (Å²) in [5, 5.41) is 2.45. The van der Waals surface area contributed by atoms with Crippen molar-refractivity contribution in [2.24, 2.45) is 5.73 Å². The Morgan fingerprint density at radius 1 is 0.667 bits per heavy atom. The summed E-state index contributed by atoms with van der Waals surface area (Å²) in [6, 6.07) is 17.3. The van der Waals surface area contributed by atoms with E-state index in [0.29, 0.717) is 0 Å². The van der Waals surface area contributed by atoms with Crippen molar-refractivity contribution in [1.82, 2.24) is 4.98 Å². The molecule has 0 saturated carbocycles. The number of nitrogens with two attached hydrogens (primary N) is 1. The van der Waals surface area contributed by atoms with Crippen molar-refractivity contribution in [3.05, 3.63) is 54.1 Å². The van der Waals surface area contributed by atoms with Gasteiger partial charge in [-0.15, -0.1) is 0 Å². The number of nitrogens with zero attached hydrogens (tertiary/aromatic N) is 1. The topological polar surface area (TPSA) is 38.9 Å². The van der Waals surface area contributed by atoms with Gasteiger partial charge in [0.05, 0.1) is 11.0 Å². The highest BCUT2D eigenvalue weighted by Crippen LogP contribution is 2.21. The molecular weight excluding hydrogens is 292 g/mol. The van der Waals surface area contributed by atoms with E-state index in [1.54, 1.807) is 0 Å². The van der Waals surface area contributed by atoms with Gasteiger partial charge in [-0.2, -0.15) is 0 Å². The van der Waals surface area contributed by atoms with E-state index in [0.717, 1.165) is 24.0 Å². The molecule has 2 aromatic carbocycles. The maximum atomic E-state index is 5.52. The standard InChI is InChI=1S/C22H28N2/c23-15-9-5-3-1-2-4-6-10-18-13-14-20-17-19-11-7-8-12-21(19)24-22(20)16-18/h7-8,11-14,16-17H,1-6,9-10,15,23H2. The van der Waals surface area contributed by atoms with E-state index in [4.69, 9.17) is 10.7 Å². The molecule has 3 aromatic rings. The summed E-state index contributed by atoms with van der Waals surface area (Å²) in [5.74, 6) is 0. The van der Waals surface area contributed by atoms with Gasteiger partial charge >= 0.3 is 0 Å². The van der Waals surface area contributed by atoms with Crippen LogP contribution in [-0.2, 0) is 6.42 Å². The third-order valence-corrected chi connectivity index (χ3v) is 4.75. The zero-order valence-corrected chi connectivity index (χ0v) is 14.5. The monoisotopic (exact) mass is 320 g/mol. The van der Waals surface area contributed by atoms with Gasteiger partial charge in [-0.25, -0.2) is 4.98 Å². The van der Waals surface area contributed by atoms with Crippen LogP contribution in [-0.4, -0.2) is 11.5 Å². The molecule has 2 heteroatoms. The number of hydrogen-bond acceptors (Lipinski definition) is 2. The van der Waals surface area contributed by atoms with Crippen LogP contribution >= 0.6 is 0 Å². The predicted molar refractivity (Wildman–Crippen MR) is 104 cm³/mol. The van der Waals surface area contributed by atoms with Crippen molar-refractivity contribution >= 4 is 21.8 Å². The van der Waals surface area contributed by atoms with Crippen LogP contribution in [0.25, 0.3) is 21.8 Å². The van der Waals surface area contributed by atoms with Crippen molar-refractivity contribution in [2.45, 2.75) is 51.4 Å². The fourth-order valence-corrected chi connectivity index (χ4v) is 3.33. The lowest BCUT2D eigenvalue weighted by molar-refractivity contribution is 0.582. The van der Waals surface area contributed by atoms with Gasteiger partial charge in [0.2, 0.25) is 0 Å². The first-order valence-electron chi connectivity index (χ1n) is 9.35. The maximum absolute atomic E-state index is 5.52. The first-order valence-corrected chi connectivity index (χ1v) is 9.35. The zero-order chi connectivity index (χ0) is 16.6. The van der Waals surface area contributed by atoms with E-state index in [1.165, 1.54) is 61.3 Å². The highest BCUT2D eigenvalue weighted by Gasteiger charge is 2.01. The summed E-state index contributed by atoms with van der Waals surface area (Å²) in [5.41, 5.74) is 9.13. The quantitative estimate of drug-likeness (QED) is 0.410. The second kappa shape index (κ2) is 8.79. The summed E-state index contributed by atoms with van der Waals surface area (Å²) in [6.07, 6.45) is 10.3. The lowest BCUT2D eigenvalue weighted by Crippen LogP contribution is -1.97. The number of rotatable bonds is 9. The molecule has 0 spiro atoms. The van der Waals surface area contributed by atoms with Crippen molar-refractivity contribution < 1.29 is 0 Å². The van der Waals surface area contributed by atoms with Gasteiger partial charge in [0.25, 0.3) is 0 Å². The number of unbranched alkanes of at least 4 members (excludes halogenated alkanes) is 6. The van der Waals surface area contributed by atoms with Crippen LogP contribution in [0, 0.1) is 0 Å². The van der Waals surface area contributed by atoms with Gasteiger partial charge in [-0.1, -0.05) is 62.4 Å². The molecule has 0 aliphatic heterocycles. The van der Waals surface area contributed by atoms with Gasteiger partial charge < -0.3 is 5.73 Å².